The molecule has 0 aliphatic heterocycles. The number of benzene rings is 1. The summed E-state index contributed by atoms with van der Waals surface area (Å²) in [5.41, 5.74) is 1.34. The maximum Gasteiger partial charge on any atom is 0.0291 e. The molecule has 0 aliphatic rings. The summed E-state index contributed by atoms with van der Waals surface area (Å²) in [6.07, 6.45) is 5.06. The summed E-state index contributed by atoms with van der Waals surface area (Å²) in [5.74, 6) is 0. The van der Waals surface area contributed by atoms with Crippen molar-refractivity contribution in [3.63, 3.8) is 0 Å². The van der Waals surface area contributed by atoms with Crippen molar-refractivity contribution in [3.05, 3.63) is 42.5 Å². The maximum atomic E-state index is 3.71. The predicted molar refractivity (Wildman–Crippen MR) is 69.5 cm³/mol. The molecule has 0 radical (unpaired) electrons. The first-order chi connectivity index (χ1) is 7.27. The first-order valence-electron chi connectivity index (χ1n) is 5.26. The van der Waals surface area contributed by atoms with Crippen LogP contribution in [0.5, 0.6) is 0 Å². The molecule has 0 aliphatic carbocycles. The van der Waals surface area contributed by atoms with Crippen LogP contribution in [0.3, 0.4) is 0 Å². The second kappa shape index (κ2) is 6.70. The molecule has 0 aromatic heterocycles. The molecule has 1 N–H and O–H groups in total. The summed E-state index contributed by atoms with van der Waals surface area (Å²) < 4.78 is 0. The van der Waals surface area contributed by atoms with Gasteiger partial charge in [-0.1, -0.05) is 18.2 Å². The summed E-state index contributed by atoms with van der Waals surface area (Å²) in [5, 5.41) is 3.46. The highest BCUT2D eigenvalue weighted by molar-refractivity contribution is 7.98. The summed E-state index contributed by atoms with van der Waals surface area (Å²) in [6.45, 7) is 6.90. The van der Waals surface area contributed by atoms with Crippen molar-refractivity contribution in [2.24, 2.45) is 0 Å². The molecule has 0 bridgehead atoms. The fraction of sp³-hybridized carbons (Fsp3) is 0.385. The van der Waals surface area contributed by atoms with Gasteiger partial charge in [-0.05, 0) is 43.8 Å². The fourth-order valence-corrected chi connectivity index (χ4v) is 1.82. The molecule has 1 atom stereocenters. The number of nitrogens with one attached hydrogen (secondary N) is 1. The zero-order chi connectivity index (χ0) is 11.1. The van der Waals surface area contributed by atoms with Crippen molar-refractivity contribution in [1.82, 2.24) is 5.32 Å². The van der Waals surface area contributed by atoms with Crippen LogP contribution >= 0.6 is 11.8 Å². The monoisotopic (exact) mass is 221 g/mol. The molecule has 0 saturated heterocycles. The van der Waals surface area contributed by atoms with E-state index in [1.54, 1.807) is 11.8 Å². The Hall–Kier alpha value is -0.730. The number of hydrogen-bond acceptors (Lipinski definition) is 2. The van der Waals surface area contributed by atoms with E-state index < -0.39 is 0 Å². The molecule has 0 spiro atoms. The molecule has 1 aromatic carbocycles. The molecule has 15 heavy (non-hydrogen) atoms. The standard InChI is InChI=1S/C13H19NS/c1-4-5-10-14-11(2)12-6-8-13(15-3)9-7-12/h4,6-9,11,14H,1,5,10H2,2-3H3. The third-order valence-electron chi connectivity index (χ3n) is 2.41. The van der Waals surface area contributed by atoms with Crippen LogP contribution in [0.4, 0.5) is 0 Å². The lowest BCUT2D eigenvalue weighted by Crippen LogP contribution is -2.19. The largest absolute Gasteiger partial charge is 0.310 e. The van der Waals surface area contributed by atoms with Gasteiger partial charge in [-0.3, -0.25) is 0 Å². The van der Waals surface area contributed by atoms with Gasteiger partial charge >= 0.3 is 0 Å². The minimum absolute atomic E-state index is 0.417. The van der Waals surface area contributed by atoms with E-state index in [4.69, 9.17) is 0 Å². The fourth-order valence-electron chi connectivity index (χ4n) is 1.41. The van der Waals surface area contributed by atoms with E-state index in [1.165, 1.54) is 10.5 Å². The van der Waals surface area contributed by atoms with E-state index in [9.17, 15) is 0 Å². The molecule has 0 heterocycles. The van der Waals surface area contributed by atoms with Crippen LogP contribution in [0, 0.1) is 0 Å². The quantitative estimate of drug-likeness (QED) is 0.447. The van der Waals surface area contributed by atoms with Gasteiger partial charge in [0, 0.05) is 10.9 Å². The van der Waals surface area contributed by atoms with Crippen molar-refractivity contribution in [3.8, 4) is 0 Å². The first kappa shape index (κ1) is 12.3. The summed E-state index contributed by atoms with van der Waals surface area (Å²) in [7, 11) is 0. The number of thioether (sulfide) groups is 1. The van der Waals surface area contributed by atoms with Gasteiger partial charge in [-0.2, -0.15) is 0 Å². The third-order valence-corrected chi connectivity index (χ3v) is 3.16. The van der Waals surface area contributed by atoms with Gasteiger partial charge in [0.25, 0.3) is 0 Å². The van der Waals surface area contributed by atoms with Gasteiger partial charge in [0.2, 0.25) is 0 Å². The third kappa shape index (κ3) is 4.10. The molecule has 1 rings (SSSR count). The Bertz CT molecular complexity index is 292. The van der Waals surface area contributed by atoms with Crippen LogP contribution in [0.15, 0.2) is 41.8 Å². The molecule has 0 fully saturated rings. The Kier molecular flexibility index (Phi) is 5.51. The highest BCUT2D eigenvalue weighted by atomic mass is 32.2. The van der Waals surface area contributed by atoms with Gasteiger partial charge in [0.05, 0.1) is 0 Å². The zero-order valence-corrected chi connectivity index (χ0v) is 10.3. The first-order valence-corrected chi connectivity index (χ1v) is 6.48. The number of hydrogen-bond donors (Lipinski definition) is 1. The van der Waals surface area contributed by atoms with Crippen LogP contribution < -0.4 is 5.32 Å². The minimum atomic E-state index is 0.417. The molecular weight excluding hydrogens is 202 g/mol. The van der Waals surface area contributed by atoms with Crippen molar-refractivity contribution in [1.29, 1.82) is 0 Å². The van der Waals surface area contributed by atoms with Crippen LogP contribution in [0.1, 0.15) is 24.9 Å². The Labute approximate surface area is 97.0 Å². The normalized spacial score (nSPS) is 12.4. The molecule has 2 heteroatoms. The highest BCUT2D eigenvalue weighted by Crippen LogP contribution is 2.18. The molecule has 1 unspecified atom stereocenters. The average molecular weight is 221 g/mol. The number of rotatable bonds is 6. The van der Waals surface area contributed by atoms with E-state index in [0.717, 1.165) is 13.0 Å². The van der Waals surface area contributed by atoms with E-state index in [2.05, 4.69) is 49.3 Å². The van der Waals surface area contributed by atoms with E-state index in [-0.39, 0.29) is 0 Å². The van der Waals surface area contributed by atoms with Gasteiger partial charge in [-0.15, -0.1) is 18.3 Å². The zero-order valence-electron chi connectivity index (χ0n) is 9.49. The summed E-state index contributed by atoms with van der Waals surface area (Å²) in [6, 6.07) is 9.15. The Morgan fingerprint density at radius 2 is 2.07 bits per heavy atom. The average Bonchev–Trinajstić information content (AvgIpc) is 2.29. The SMILES string of the molecule is C=CCCNC(C)c1ccc(SC)cc1. The Morgan fingerprint density at radius 3 is 2.60 bits per heavy atom. The highest BCUT2D eigenvalue weighted by Gasteiger charge is 2.03. The van der Waals surface area contributed by atoms with Crippen LogP contribution in [0.25, 0.3) is 0 Å². The van der Waals surface area contributed by atoms with Crippen molar-refractivity contribution in [2.45, 2.75) is 24.3 Å². The second-order valence-corrected chi connectivity index (χ2v) is 4.41. The van der Waals surface area contributed by atoms with Gasteiger partial charge in [0.1, 0.15) is 0 Å². The topological polar surface area (TPSA) is 12.0 Å². The van der Waals surface area contributed by atoms with E-state index in [0.29, 0.717) is 6.04 Å². The van der Waals surface area contributed by atoms with Gasteiger partial charge in [0.15, 0.2) is 0 Å². The van der Waals surface area contributed by atoms with Crippen LogP contribution in [-0.2, 0) is 0 Å². The van der Waals surface area contributed by atoms with Crippen molar-refractivity contribution in [2.75, 3.05) is 12.8 Å². The molecular formula is C13H19NS. The Morgan fingerprint density at radius 1 is 1.40 bits per heavy atom. The lowest BCUT2D eigenvalue weighted by molar-refractivity contribution is 0.581. The van der Waals surface area contributed by atoms with Crippen molar-refractivity contribution < 1.29 is 0 Å². The molecule has 0 amide bonds. The molecule has 0 saturated carbocycles. The molecule has 1 nitrogen and oxygen atoms in total. The minimum Gasteiger partial charge on any atom is -0.310 e. The summed E-state index contributed by atoms with van der Waals surface area (Å²) in [4.78, 5) is 1.32. The van der Waals surface area contributed by atoms with Gasteiger partial charge in [-0.25, -0.2) is 0 Å². The predicted octanol–water partition coefficient (Wildman–Crippen LogP) is 3.64. The van der Waals surface area contributed by atoms with E-state index >= 15 is 0 Å². The lowest BCUT2D eigenvalue weighted by atomic mass is 10.1. The molecule has 1 aromatic rings. The van der Waals surface area contributed by atoms with E-state index in [1.807, 2.05) is 6.08 Å². The smallest absolute Gasteiger partial charge is 0.0291 e. The van der Waals surface area contributed by atoms with Gasteiger partial charge < -0.3 is 5.32 Å². The summed E-state index contributed by atoms with van der Waals surface area (Å²) >= 11 is 1.78. The van der Waals surface area contributed by atoms with Crippen LogP contribution in [-0.4, -0.2) is 12.8 Å². The van der Waals surface area contributed by atoms with Crippen molar-refractivity contribution >= 4 is 11.8 Å². The Balaban J connectivity index is 2.50. The lowest BCUT2D eigenvalue weighted by Gasteiger charge is -2.13. The van der Waals surface area contributed by atoms with Crippen LogP contribution in [0.2, 0.25) is 0 Å². The molecule has 82 valence electrons. The second-order valence-electron chi connectivity index (χ2n) is 3.53. The maximum absolute atomic E-state index is 3.71.